The molecule has 1 saturated heterocycles. The number of nitrogens with zero attached hydrogens (tertiary/aromatic N) is 2. The Morgan fingerprint density at radius 2 is 1.75 bits per heavy atom. The largest absolute Gasteiger partial charge is 0.489 e. The Labute approximate surface area is 147 Å². The molecule has 0 bridgehead atoms. The molecule has 130 valence electrons. The van der Waals surface area contributed by atoms with Gasteiger partial charge in [0.15, 0.2) is 0 Å². The van der Waals surface area contributed by atoms with Gasteiger partial charge in [0.1, 0.15) is 5.75 Å². The maximum absolute atomic E-state index is 12.6. The van der Waals surface area contributed by atoms with Crippen LogP contribution in [0.3, 0.4) is 0 Å². The number of ether oxygens (including phenoxy) is 1. The lowest BCUT2D eigenvalue weighted by Gasteiger charge is -2.35. The third-order valence-corrected chi connectivity index (χ3v) is 4.64. The molecule has 2 fully saturated rings. The molecule has 0 unspecified atom stereocenters. The van der Waals surface area contributed by atoms with Crippen molar-refractivity contribution in [3.63, 3.8) is 0 Å². The topological polar surface area (TPSA) is 49.9 Å². The molecule has 6 heteroatoms. The summed E-state index contributed by atoms with van der Waals surface area (Å²) in [7, 11) is 0. The van der Waals surface area contributed by atoms with E-state index in [0.717, 1.165) is 12.8 Å². The highest BCUT2D eigenvalue weighted by Gasteiger charge is 2.35. The predicted octanol–water partition coefficient (Wildman–Crippen LogP) is 2.82. The highest BCUT2D eigenvalue weighted by molar-refractivity contribution is 6.32. The molecule has 0 atom stereocenters. The normalized spacial score (nSPS) is 18.0. The summed E-state index contributed by atoms with van der Waals surface area (Å²) in [6.07, 6.45) is 2.06. The summed E-state index contributed by atoms with van der Waals surface area (Å²) in [4.78, 5) is 28.4. The van der Waals surface area contributed by atoms with E-state index in [9.17, 15) is 9.59 Å². The van der Waals surface area contributed by atoms with Crippen LogP contribution in [0, 0.1) is 5.92 Å². The molecule has 24 heavy (non-hydrogen) atoms. The first-order chi connectivity index (χ1) is 11.5. The Balaban J connectivity index is 1.60. The van der Waals surface area contributed by atoms with Gasteiger partial charge in [-0.2, -0.15) is 0 Å². The summed E-state index contributed by atoms with van der Waals surface area (Å²) >= 11 is 6.21. The molecular weight excluding hydrogens is 328 g/mol. The fourth-order valence-electron chi connectivity index (χ4n) is 2.88. The van der Waals surface area contributed by atoms with Crippen LogP contribution in [0.15, 0.2) is 18.2 Å². The number of halogens is 1. The lowest BCUT2D eigenvalue weighted by atomic mass is 10.1. The van der Waals surface area contributed by atoms with Crippen molar-refractivity contribution in [2.75, 3.05) is 26.2 Å². The maximum Gasteiger partial charge on any atom is 0.254 e. The molecule has 0 spiro atoms. The Morgan fingerprint density at radius 1 is 1.12 bits per heavy atom. The second-order valence-electron chi connectivity index (χ2n) is 6.70. The van der Waals surface area contributed by atoms with E-state index in [0.29, 0.717) is 42.5 Å². The summed E-state index contributed by atoms with van der Waals surface area (Å²) in [5.74, 6) is 1.02. The van der Waals surface area contributed by atoms with Crippen LogP contribution < -0.4 is 4.74 Å². The van der Waals surface area contributed by atoms with Crippen molar-refractivity contribution in [1.82, 2.24) is 9.80 Å². The highest BCUT2D eigenvalue weighted by Crippen LogP contribution is 2.31. The molecule has 1 aromatic rings. The van der Waals surface area contributed by atoms with Crippen molar-refractivity contribution in [3.05, 3.63) is 28.8 Å². The first kappa shape index (κ1) is 17.1. The zero-order valence-corrected chi connectivity index (χ0v) is 14.9. The lowest BCUT2D eigenvalue weighted by Crippen LogP contribution is -2.51. The monoisotopic (exact) mass is 350 g/mol. The minimum absolute atomic E-state index is 0.0288. The van der Waals surface area contributed by atoms with Crippen molar-refractivity contribution < 1.29 is 14.3 Å². The van der Waals surface area contributed by atoms with Gasteiger partial charge in [0.2, 0.25) is 5.91 Å². The van der Waals surface area contributed by atoms with Gasteiger partial charge in [0.25, 0.3) is 5.91 Å². The molecule has 2 amide bonds. The highest BCUT2D eigenvalue weighted by atomic mass is 35.5. The summed E-state index contributed by atoms with van der Waals surface area (Å²) in [6.45, 7) is 6.22. The minimum atomic E-state index is -0.0495. The summed E-state index contributed by atoms with van der Waals surface area (Å²) < 4.78 is 5.59. The van der Waals surface area contributed by atoms with Crippen LogP contribution in [0.1, 0.15) is 37.0 Å². The van der Waals surface area contributed by atoms with Crippen molar-refractivity contribution in [2.45, 2.75) is 32.8 Å². The van der Waals surface area contributed by atoms with Crippen LogP contribution in [0.5, 0.6) is 5.75 Å². The van der Waals surface area contributed by atoms with E-state index in [-0.39, 0.29) is 23.8 Å². The second kappa shape index (κ2) is 7.01. The van der Waals surface area contributed by atoms with Gasteiger partial charge in [-0.15, -0.1) is 0 Å². The lowest BCUT2D eigenvalue weighted by molar-refractivity contribution is -0.134. The Kier molecular flexibility index (Phi) is 4.99. The fourth-order valence-corrected chi connectivity index (χ4v) is 3.11. The third kappa shape index (κ3) is 3.83. The fraction of sp³-hybridized carbons (Fsp3) is 0.556. The number of benzene rings is 1. The molecule has 2 aliphatic rings. The smallest absolute Gasteiger partial charge is 0.254 e. The van der Waals surface area contributed by atoms with E-state index in [4.69, 9.17) is 16.3 Å². The minimum Gasteiger partial charge on any atom is -0.489 e. The molecule has 1 saturated carbocycles. The molecule has 1 aliphatic carbocycles. The van der Waals surface area contributed by atoms with E-state index in [2.05, 4.69) is 0 Å². The van der Waals surface area contributed by atoms with Crippen molar-refractivity contribution >= 4 is 23.4 Å². The molecule has 0 aromatic heterocycles. The number of hydrogen-bond donors (Lipinski definition) is 0. The standard InChI is InChI=1S/C18H23ClN2O3/c1-12(2)24-16-6-5-14(11-15(16)19)18(23)21-9-7-20(8-10-21)17(22)13-3-4-13/h5-6,11-13H,3-4,7-10H2,1-2H3. The summed E-state index contributed by atoms with van der Waals surface area (Å²) in [5, 5.41) is 0.442. The molecule has 0 N–H and O–H groups in total. The van der Waals surface area contributed by atoms with Crippen LogP contribution >= 0.6 is 11.6 Å². The Bertz CT molecular complexity index is 635. The van der Waals surface area contributed by atoms with Crippen molar-refractivity contribution in [2.24, 2.45) is 5.92 Å². The van der Waals surface area contributed by atoms with E-state index in [1.807, 2.05) is 18.7 Å². The zero-order chi connectivity index (χ0) is 17.3. The first-order valence-corrected chi connectivity index (χ1v) is 8.88. The van der Waals surface area contributed by atoms with Gasteiger partial charge in [0.05, 0.1) is 11.1 Å². The Morgan fingerprint density at radius 3 is 2.29 bits per heavy atom. The molecule has 1 aliphatic heterocycles. The number of carbonyl (C=O) groups excluding carboxylic acids is 2. The van der Waals surface area contributed by atoms with Crippen molar-refractivity contribution in [3.8, 4) is 5.75 Å². The van der Waals surface area contributed by atoms with Gasteiger partial charge >= 0.3 is 0 Å². The first-order valence-electron chi connectivity index (χ1n) is 8.50. The molecule has 5 nitrogen and oxygen atoms in total. The Hall–Kier alpha value is -1.75. The second-order valence-corrected chi connectivity index (χ2v) is 7.11. The van der Waals surface area contributed by atoms with Crippen LogP contribution in [0.25, 0.3) is 0 Å². The SMILES string of the molecule is CC(C)Oc1ccc(C(=O)N2CCN(C(=O)C3CC3)CC2)cc1Cl. The predicted molar refractivity (Wildman–Crippen MR) is 92.4 cm³/mol. The third-order valence-electron chi connectivity index (χ3n) is 4.35. The molecule has 3 rings (SSSR count). The van der Waals surface area contributed by atoms with Gasteiger partial charge in [-0.25, -0.2) is 0 Å². The van der Waals surface area contributed by atoms with E-state index >= 15 is 0 Å². The number of rotatable bonds is 4. The molecule has 1 aromatic carbocycles. The summed E-state index contributed by atoms with van der Waals surface area (Å²) in [5.41, 5.74) is 0.554. The van der Waals surface area contributed by atoms with E-state index < -0.39 is 0 Å². The number of hydrogen-bond acceptors (Lipinski definition) is 3. The summed E-state index contributed by atoms with van der Waals surface area (Å²) in [6, 6.07) is 5.14. The van der Waals surface area contributed by atoms with Gasteiger partial charge in [-0.3, -0.25) is 9.59 Å². The van der Waals surface area contributed by atoms with E-state index in [1.165, 1.54) is 0 Å². The van der Waals surface area contributed by atoms with E-state index in [1.54, 1.807) is 23.1 Å². The molecule has 0 radical (unpaired) electrons. The average Bonchev–Trinajstić information content (AvgIpc) is 3.40. The quantitative estimate of drug-likeness (QED) is 0.839. The average molecular weight is 351 g/mol. The van der Waals surface area contributed by atoms with Gasteiger partial charge in [0, 0.05) is 37.7 Å². The van der Waals surface area contributed by atoms with Crippen LogP contribution in [-0.4, -0.2) is 53.9 Å². The zero-order valence-electron chi connectivity index (χ0n) is 14.1. The van der Waals surface area contributed by atoms with Gasteiger partial charge in [-0.05, 0) is 44.9 Å². The molecular formula is C18H23ClN2O3. The van der Waals surface area contributed by atoms with Crippen molar-refractivity contribution in [1.29, 1.82) is 0 Å². The number of carbonyl (C=O) groups is 2. The van der Waals surface area contributed by atoms with Crippen LogP contribution in [0.2, 0.25) is 5.02 Å². The number of piperazine rings is 1. The van der Waals surface area contributed by atoms with Gasteiger partial charge < -0.3 is 14.5 Å². The van der Waals surface area contributed by atoms with Crippen LogP contribution in [-0.2, 0) is 4.79 Å². The molecule has 1 heterocycles. The maximum atomic E-state index is 12.6. The van der Waals surface area contributed by atoms with Crippen LogP contribution in [0.4, 0.5) is 0 Å². The van der Waals surface area contributed by atoms with Gasteiger partial charge in [-0.1, -0.05) is 11.6 Å². The number of amides is 2.